The number of rotatable bonds is 6. The molecule has 0 unspecified atom stereocenters. The molecule has 7 nitrogen and oxygen atoms in total. The molecule has 180 valence electrons. The lowest BCUT2D eigenvalue weighted by molar-refractivity contribution is 0.0639. The molecule has 0 bridgehead atoms. The summed E-state index contributed by atoms with van der Waals surface area (Å²) in [7, 11) is 0. The van der Waals surface area contributed by atoms with Crippen LogP contribution in [0.2, 0.25) is 0 Å². The van der Waals surface area contributed by atoms with Crippen molar-refractivity contribution in [1.82, 2.24) is 24.5 Å². The molecule has 0 aliphatic carbocycles. The normalized spacial score (nSPS) is 16.7. The topological polar surface area (TPSA) is 61.7 Å². The van der Waals surface area contributed by atoms with E-state index >= 15 is 0 Å². The first-order valence-electron chi connectivity index (χ1n) is 11.9. The summed E-state index contributed by atoms with van der Waals surface area (Å²) >= 11 is 0. The molecule has 3 heterocycles. The van der Waals surface area contributed by atoms with E-state index in [1.54, 1.807) is 27.8 Å². The SMILES string of the molecule is O=C(c1cc2n(n1)CCN(Cc1ccc(F)cc1)C2=O)N1CCN(CC=Cc2ccccc2)CC1. The summed E-state index contributed by atoms with van der Waals surface area (Å²) in [6.45, 7) is 5.11. The van der Waals surface area contributed by atoms with E-state index in [9.17, 15) is 14.0 Å². The van der Waals surface area contributed by atoms with Crippen molar-refractivity contribution in [2.75, 3.05) is 39.3 Å². The molecule has 8 heteroatoms. The maximum Gasteiger partial charge on any atom is 0.274 e. The second kappa shape index (κ2) is 10.2. The van der Waals surface area contributed by atoms with Crippen LogP contribution in [0.1, 0.15) is 32.1 Å². The van der Waals surface area contributed by atoms with E-state index < -0.39 is 0 Å². The van der Waals surface area contributed by atoms with Crippen molar-refractivity contribution in [2.45, 2.75) is 13.1 Å². The average Bonchev–Trinajstić information content (AvgIpc) is 3.33. The van der Waals surface area contributed by atoms with Gasteiger partial charge in [-0.15, -0.1) is 0 Å². The Labute approximate surface area is 204 Å². The molecule has 0 N–H and O–H groups in total. The minimum absolute atomic E-state index is 0.135. The molecular weight excluding hydrogens is 445 g/mol. The van der Waals surface area contributed by atoms with Crippen LogP contribution in [-0.4, -0.2) is 75.6 Å². The Morgan fingerprint density at radius 2 is 1.69 bits per heavy atom. The maximum atomic E-state index is 13.2. The van der Waals surface area contributed by atoms with Crippen LogP contribution < -0.4 is 0 Å². The number of aromatic nitrogens is 2. The number of nitrogens with zero attached hydrogens (tertiary/aromatic N) is 5. The summed E-state index contributed by atoms with van der Waals surface area (Å²) in [5, 5.41) is 4.44. The zero-order valence-electron chi connectivity index (χ0n) is 19.5. The van der Waals surface area contributed by atoms with E-state index in [2.05, 4.69) is 34.3 Å². The average molecular weight is 474 g/mol. The highest BCUT2D eigenvalue weighted by molar-refractivity contribution is 5.98. The first kappa shape index (κ1) is 23.0. The number of carbonyl (C=O) groups is 2. The Morgan fingerprint density at radius 3 is 2.43 bits per heavy atom. The third-order valence-electron chi connectivity index (χ3n) is 6.51. The van der Waals surface area contributed by atoms with Crippen LogP contribution in [0.5, 0.6) is 0 Å². The van der Waals surface area contributed by atoms with Crippen LogP contribution in [0.3, 0.4) is 0 Å². The second-order valence-corrected chi connectivity index (χ2v) is 8.90. The number of piperazine rings is 1. The predicted molar refractivity (Wildman–Crippen MR) is 131 cm³/mol. The molecule has 2 aliphatic rings. The number of fused-ring (bicyclic) bond motifs is 1. The summed E-state index contributed by atoms with van der Waals surface area (Å²) in [6, 6.07) is 18.0. The number of hydrogen-bond donors (Lipinski definition) is 0. The van der Waals surface area contributed by atoms with Crippen molar-refractivity contribution in [2.24, 2.45) is 0 Å². The van der Waals surface area contributed by atoms with Gasteiger partial charge in [-0.1, -0.05) is 54.6 Å². The molecule has 1 fully saturated rings. The van der Waals surface area contributed by atoms with Gasteiger partial charge in [-0.25, -0.2) is 4.39 Å². The lowest BCUT2D eigenvalue weighted by Gasteiger charge is -2.33. The number of benzene rings is 2. The predicted octanol–water partition coefficient (Wildman–Crippen LogP) is 3.15. The lowest BCUT2D eigenvalue weighted by atomic mass is 10.2. The number of hydrogen-bond acceptors (Lipinski definition) is 4. The smallest absolute Gasteiger partial charge is 0.274 e. The fraction of sp³-hybridized carbons (Fsp3) is 0.296. The first-order valence-corrected chi connectivity index (χ1v) is 11.9. The number of carbonyl (C=O) groups excluding carboxylic acids is 2. The number of halogens is 1. The van der Waals surface area contributed by atoms with Crippen molar-refractivity contribution in [3.05, 3.63) is 95.1 Å². The van der Waals surface area contributed by atoms with Crippen LogP contribution in [0.15, 0.2) is 66.7 Å². The standard InChI is InChI=1S/C27H28FN5O2/c28-23-10-8-22(9-11-23)20-32-17-18-33-25(27(32)35)19-24(29-33)26(34)31-15-13-30(14-16-31)12-4-7-21-5-2-1-3-6-21/h1-11,19H,12-18,20H2. The molecule has 0 saturated carbocycles. The third-order valence-corrected chi connectivity index (χ3v) is 6.51. The molecule has 3 aromatic rings. The Bertz CT molecular complexity index is 1210. The Balaban J connectivity index is 1.16. The first-order chi connectivity index (χ1) is 17.1. The van der Waals surface area contributed by atoms with E-state index in [1.165, 1.54) is 17.7 Å². The van der Waals surface area contributed by atoms with E-state index in [4.69, 9.17) is 0 Å². The van der Waals surface area contributed by atoms with E-state index in [-0.39, 0.29) is 17.6 Å². The Kier molecular flexibility index (Phi) is 6.72. The minimum Gasteiger partial charge on any atom is -0.335 e. The highest BCUT2D eigenvalue weighted by Gasteiger charge is 2.30. The van der Waals surface area contributed by atoms with Crippen molar-refractivity contribution in [3.63, 3.8) is 0 Å². The van der Waals surface area contributed by atoms with Gasteiger partial charge in [-0.05, 0) is 23.3 Å². The van der Waals surface area contributed by atoms with Crippen molar-refractivity contribution < 1.29 is 14.0 Å². The van der Waals surface area contributed by atoms with Crippen LogP contribution in [-0.2, 0) is 13.1 Å². The molecule has 0 atom stereocenters. The highest BCUT2D eigenvalue weighted by atomic mass is 19.1. The zero-order valence-corrected chi connectivity index (χ0v) is 19.5. The molecule has 0 spiro atoms. The fourth-order valence-corrected chi connectivity index (χ4v) is 4.50. The highest BCUT2D eigenvalue weighted by Crippen LogP contribution is 2.18. The fourth-order valence-electron chi connectivity index (χ4n) is 4.50. The van der Waals surface area contributed by atoms with Crippen LogP contribution in [0.25, 0.3) is 6.08 Å². The molecule has 5 rings (SSSR count). The zero-order chi connectivity index (χ0) is 24.2. The molecule has 35 heavy (non-hydrogen) atoms. The van der Waals surface area contributed by atoms with Crippen LogP contribution in [0, 0.1) is 5.82 Å². The van der Waals surface area contributed by atoms with Gasteiger partial charge in [0.05, 0.1) is 6.54 Å². The summed E-state index contributed by atoms with van der Waals surface area (Å²) in [5.74, 6) is -0.601. The maximum absolute atomic E-state index is 13.2. The van der Waals surface area contributed by atoms with Gasteiger partial charge in [0.15, 0.2) is 5.69 Å². The Hall–Kier alpha value is -3.78. The monoisotopic (exact) mass is 473 g/mol. The van der Waals surface area contributed by atoms with Gasteiger partial charge in [0.1, 0.15) is 11.5 Å². The molecule has 1 aromatic heterocycles. The van der Waals surface area contributed by atoms with E-state index in [0.717, 1.165) is 25.2 Å². The van der Waals surface area contributed by atoms with Gasteiger partial charge >= 0.3 is 0 Å². The van der Waals surface area contributed by atoms with Gasteiger partial charge in [-0.3, -0.25) is 19.2 Å². The second-order valence-electron chi connectivity index (χ2n) is 8.90. The van der Waals surface area contributed by atoms with Gasteiger partial charge < -0.3 is 9.80 Å². The number of amides is 2. The third kappa shape index (κ3) is 5.33. The quantitative estimate of drug-likeness (QED) is 0.552. The summed E-state index contributed by atoms with van der Waals surface area (Å²) < 4.78 is 14.8. The van der Waals surface area contributed by atoms with Crippen molar-refractivity contribution in [1.29, 1.82) is 0 Å². The van der Waals surface area contributed by atoms with Gasteiger partial charge in [0, 0.05) is 51.9 Å². The van der Waals surface area contributed by atoms with Gasteiger partial charge in [-0.2, -0.15) is 5.10 Å². The van der Waals surface area contributed by atoms with Gasteiger partial charge in [0.2, 0.25) is 0 Å². The van der Waals surface area contributed by atoms with Crippen LogP contribution >= 0.6 is 0 Å². The molecule has 1 saturated heterocycles. The van der Waals surface area contributed by atoms with E-state index in [1.807, 2.05) is 23.1 Å². The molecule has 2 amide bonds. The molecule has 0 radical (unpaired) electrons. The summed E-state index contributed by atoms with van der Waals surface area (Å²) in [4.78, 5) is 31.9. The Morgan fingerprint density at radius 1 is 0.943 bits per heavy atom. The van der Waals surface area contributed by atoms with E-state index in [0.29, 0.717) is 44.1 Å². The summed E-state index contributed by atoms with van der Waals surface area (Å²) in [6.07, 6.45) is 4.27. The lowest BCUT2D eigenvalue weighted by Crippen LogP contribution is -2.48. The minimum atomic E-state index is -0.301. The molecule has 2 aromatic carbocycles. The van der Waals surface area contributed by atoms with Gasteiger partial charge in [0.25, 0.3) is 11.8 Å². The molecular formula is C27H28FN5O2. The largest absolute Gasteiger partial charge is 0.335 e. The van der Waals surface area contributed by atoms with Crippen molar-refractivity contribution in [3.8, 4) is 0 Å². The van der Waals surface area contributed by atoms with Crippen LogP contribution in [0.4, 0.5) is 4.39 Å². The molecule has 2 aliphatic heterocycles. The van der Waals surface area contributed by atoms with Crippen molar-refractivity contribution >= 4 is 17.9 Å². The summed E-state index contributed by atoms with van der Waals surface area (Å²) in [5.41, 5.74) is 2.78.